The highest BCUT2D eigenvalue weighted by molar-refractivity contribution is 7.80. The molecule has 132 valence electrons. The van der Waals surface area contributed by atoms with Crippen LogP contribution in [0.4, 0.5) is 0 Å². The van der Waals surface area contributed by atoms with E-state index in [4.69, 9.17) is 26.2 Å². The van der Waals surface area contributed by atoms with Gasteiger partial charge in [0.1, 0.15) is 6.04 Å². The standard InChI is InChI=1S/C3H7NO2S.3C2H5NO2/c4-2(1-7)3(5)6;3*3-1-2(4)5/h2,7H,1,4H2,(H,5,6);3*1,3H2,(H,4,5). The van der Waals surface area contributed by atoms with Gasteiger partial charge in [-0.05, 0) is 0 Å². The first kappa shape index (κ1) is 28.3. The van der Waals surface area contributed by atoms with Gasteiger partial charge >= 0.3 is 23.9 Å². The van der Waals surface area contributed by atoms with Gasteiger partial charge in [0.2, 0.25) is 0 Å². The minimum absolute atomic E-state index is 0.190. The number of carboxylic acid groups (broad SMARTS) is 4. The Morgan fingerprint density at radius 3 is 0.955 bits per heavy atom. The first-order valence-corrected chi connectivity index (χ1v) is 5.98. The van der Waals surface area contributed by atoms with Crippen molar-refractivity contribution in [2.45, 2.75) is 6.04 Å². The second-order valence-electron chi connectivity index (χ2n) is 2.92. The summed E-state index contributed by atoms with van der Waals surface area (Å²) in [5.74, 6) is -3.72. The Morgan fingerprint density at radius 2 is 0.955 bits per heavy atom. The molecule has 0 aromatic carbocycles. The van der Waals surface area contributed by atoms with Crippen molar-refractivity contribution in [2.24, 2.45) is 22.9 Å². The lowest BCUT2D eigenvalue weighted by atomic mass is 10.4. The van der Waals surface area contributed by atoms with E-state index in [2.05, 4.69) is 29.8 Å². The molecule has 0 aromatic rings. The lowest BCUT2D eigenvalue weighted by Gasteiger charge is -1.96. The van der Waals surface area contributed by atoms with Crippen LogP contribution in [0.1, 0.15) is 0 Å². The van der Waals surface area contributed by atoms with Crippen LogP contribution in [0.5, 0.6) is 0 Å². The molecule has 0 heterocycles. The number of aliphatic carboxylic acids is 4. The van der Waals surface area contributed by atoms with Crippen molar-refractivity contribution in [2.75, 3.05) is 25.4 Å². The molecule has 22 heavy (non-hydrogen) atoms. The fourth-order valence-electron chi connectivity index (χ4n) is 0.0781. The zero-order chi connectivity index (χ0) is 18.7. The molecule has 0 aliphatic heterocycles. The van der Waals surface area contributed by atoms with E-state index in [-0.39, 0.29) is 25.4 Å². The van der Waals surface area contributed by atoms with Crippen molar-refractivity contribution in [3.8, 4) is 0 Å². The SMILES string of the molecule is NC(CS)C(=O)O.NCC(=O)O.NCC(=O)O.NCC(=O)O. The third-order valence-corrected chi connectivity index (χ3v) is 1.43. The number of thiol groups is 1. The molecule has 0 fully saturated rings. The third kappa shape index (κ3) is 51.9. The van der Waals surface area contributed by atoms with Gasteiger partial charge < -0.3 is 43.4 Å². The maximum atomic E-state index is 9.76. The van der Waals surface area contributed by atoms with Crippen molar-refractivity contribution in [1.29, 1.82) is 0 Å². The quantitative estimate of drug-likeness (QED) is 0.219. The van der Waals surface area contributed by atoms with E-state index in [0.29, 0.717) is 0 Å². The van der Waals surface area contributed by atoms with Gasteiger partial charge in [0.25, 0.3) is 0 Å². The van der Waals surface area contributed by atoms with Gasteiger partial charge in [-0.3, -0.25) is 19.2 Å². The Balaban J connectivity index is -0.0000000995. The van der Waals surface area contributed by atoms with Crippen LogP contribution >= 0.6 is 12.6 Å². The molecule has 0 radical (unpaired) electrons. The van der Waals surface area contributed by atoms with Crippen molar-refractivity contribution < 1.29 is 39.6 Å². The molecule has 12 nitrogen and oxygen atoms in total. The van der Waals surface area contributed by atoms with E-state index >= 15 is 0 Å². The molecule has 13 heteroatoms. The second-order valence-corrected chi connectivity index (χ2v) is 3.29. The summed E-state index contributed by atoms with van der Waals surface area (Å²) in [6.45, 7) is -0.833. The van der Waals surface area contributed by atoms with Crippen LogP contribution < -0.4 is 22.9 Å². The van der Waals surface area contributed by atoms with Crippen molar-refractivity contribution in [3.63, 3.8) is 0 Å². The second kappa shape index (κ2) is 21.4. The van der Waals surface area contributed by atoms with Crippen LogP contribution in [0.2, 0.25) is 0 Å². The van der Waals surface area contributed by atoms with Gasteiger partial charge in [-0.25, -0.2) is 0 Å². The average Bonchev–Trinajstić information content (AvgIpc) is 2.47. The van der Waals surface area contributed by atoms with Crippen LogP contribution in [-0.4, -0.2) is 75.7 Å². The van der Waals surface area contributed by atoms with E-state index in [0.717, 1.165) is 0 Å². The number of nitrogens with two attached hydrogens (primary N) is 4. The molecule has 0 bridgehead atoms. The lowest BCUT2D eigenvalue weighted by molar-refractivity contribution is -0.138. The zero-order valence-electron chi connectivity index (χ0n) is 11.6. The van der Waals surface area contributed by atoms with Crippen molar-refractivity contribution in [3.05, 3.63) is 0 Å². The average molecular weight is 346 g/mol. The summed E-state index contributed by atoms with van der Waals surface area (Å²) < 4.78 is 0. The Labute approximate surface area is 131 Å². The molecule has 12 N–H and O–H groups in total. The summed E-state index contributed by atoms with van der Waals surface area (Å²) in [6.07, 6.45) is 0. The maximum Gasteiger partial charge on any atom is 0.321 e. The van der Waals surface area contributed by atoms with Gasteiger partial charge in [-0.15, -0.1) is 0 Å². The van der Waals surface area contributed by atoms with Crippen LogP contribution in [0.3, 0.4) is 0 Å². The highest BCUT2D eigenvalue weighted by Crippen LogP contribution is 1.80. The van der Waals surface area contributed by atoms with Crippen LogP contribution in [0, 0.1) is 0 Å². The molecule has 0 saturated carbocycles. The molecule has 0 aliphatic carbocycles. The number of hydrogen-bond acceptors (Lipinski definition) is 9. The molecular weight excluding hydrogens is 324 g/mol. The fourth-order valence-corrected chi connectivity index (χ4v) is 0.234. The summed E-state index contributed by atoms with van der Waals surface area (Å²) in [5, 5.41) is 30.8. The van der Waals surface area contributed by atoms with E-state index in [1.54, 1.807) is 0 Å². The smallest absolute Gasteiger partial charge is 0.321 e. The van der Waals surface area contributed by atoms with Crippen LogP contribution in [0.15, 0.2) is 0 Å². The molecule has 0 aliphatic rings. The summed E-state index contributed by atoms with van der Waals surface area (Å²) in [6, 6.07) is -0.816. The molecule has 0 aromatic heterocycles. The number of hydrogen-bond donors (Lipinski definition) is 9. The molecule has 1 unspecified atom stereocenters. The van der Waals surface area contributed by atoms with Crippen molar-refractivity contribution >= 4 is 36.5 Å². The van der Waals surface area contributed by atoms with E-state index in [1.807, 2.05) is 0 Å². The van der Waals surface area contributed by atoms with Crippen LogP contribution in [-0.2, 0) is 19.2 Å². The minimum atomic E-state index is -1.00. The Bertz CT molecular complexity index is 295. The lowest BCUT2D eigenvalue weighted by Crippen LogP contribution is -2.31. The van der Waals surface area contributed by atoms with Gasteiger partial charge in [0.05, 0.1) is 19.6 Å². The fraction of sp³-hybridized carbons (Fsp3) is 0.556. The highest BCUT2D eigenvalue weighted by Gasteiger charge is 2.06. The number of carbonyl (C=O) groups is 4. The molecule has 0 amide bonds. The summed E-state index contributed by atoms with van der Waals surface area (Å²) >= 11 is 3.65. The monoisotopic (exact) mass is 346 g/mol. The van der Waals surface area contributed by atoms with Gasteiger partial charge in [-0.2, -0.15) is 12.6 Å². The molecule has 0 saturated heterocycles. The molecule has 1 atom stereocenters. The van der Waals surface area contributed by atoms with E-state index in [1.165, 1.54) is 0 Å². The summed E-state index contributed by atoms with van der Waals surface area (Å²) in [4.78, 5) is 37.5. The summed E-state index contributed by atoms with van der Waals surface area (Å²) in [7, 11) is 0. The molecular formula is C9H22N4O8S. The third-order valence-electron chi connectivity index (χ3n) is 1.04. The first-order valence-electron chi connectivity index (χ1n) is 5.34. The normalized spacial score (nSPS) is 9.32. The Morgan fingerprint density at radius 1 is 0.773 bits per heavy atom. The minimum Gasteiger partial charge on any atom is -0.480 e. The maximum absolute atomic E-state index is 9.76. The molecule has 0 spiro atoms. The topological polar surface area (TPSA) is 253 Å². The molecule has 0 rings (SSSR count). The Kier molecular flexibility index (Phi) is 27.5. The first-order chi connectivity index (χ1) is 9.99. The van der Waals surface area contributed by atoms with Gasteiger partial charge in [0, 0.05) is 5.75 Å². The largest absolute Gasteiger partial charge is 0.480 e. The predicted octanol–water partition coefficient (Wildman–Crippen LogP) is -3.58. The van der Waals surface area contributed by atoms with E-state index < -0.39 is 29.9 Å². The number of rotatable bonds is 5. The predicted molar refractivity (Wildman–Crippen MR) is 79.5 cm³/mol. The van der Waals surface area contributed by atoms with Crippen LogP contribution in [0.25, 0.3) is 0 Å². The van der Waals surface area contributed by atoms with Gasteiger partial charge in [-0.1, -0.05) is 0 Å². The Hall–Kier alpha value is -1.93. The summed E-state index contributed by atoms with van der Waals surface area (Å²) in [5.41, 5.74) is 18.7. The van der Waals surface area contributed by atoms with Gasteiger partial charge in [0.15, 0.2) is 0 Å². The van der Waals surface area contributed by atoms with E-state index in [9.17, 15) is 19.2 Å². The van der Waals surface area contributed by atoms with Crippen molar-refractivity contribution in [1.82, 2.24) is 0 Å². The number of carboxylic acids is 4. The zero-order valence-corrected chi connectivity index (χ0v) is 12.5. The highest BCUT2D eigenvalue weighted by atomic mass is 32.1.